The van der Waals surface area contributed by atoms with E-state index in [1.165, 1.54) is 0 Å². The zero-order chi connectivity index (χ0) is 26.7. The molecule has 0 spiro atoms. The molecule has 1 aromatic rings. The summed E-state index contributed by atoms with van der Waals surface area (Å²) >= 11 is 0. The fraction of sp³-hybridized carbons (Fsp3) is 0.677. The van der Waals surface area contributed by atoms with Crippen LogP contribution >= 0.6 is 0 Å². The maximum Gasteiger partial charge on any atom is 0.306 e. The lowest BCUT2D eigenvalue weighted by Gasteiger charge is -2.29. The molecule has 2 unspecified atom stereocenters. The minimum atomic E-state index is -0.686. The summed E-state index contributed by atoms with van der Waals surface area (Å²) < 4.78 is 24.4. The fourth-order valence-electron chi connectivity index (χ4n) is 6.19. The first-order valence-electron chi connectivity index (χ1n) is 14.5. The van der Waals surface area contributed by atoms with Crippen LogP contribution in [0.4, 0.5) is 0 Å². The van der Waals surface area contributed by atoms with Crippen LogP contribution < -0.4 is 4.74 Å². The van der Waals surface area contributed by atoms with Crippen molar-refractivity contribution in [3.8, 4) is 5.75 Å². The Balaban J connectivity index is 1.37. The summed E-state index contributed by atoms with van der Waals surface area (Å²) in [6, 6.07) is 9.36. The average Bonchev–Trinajstić information content (AvgIpc) is 3.12. The number of hydrogen-bond donors (Lipinski definition) is 1. The van der Waals surface area contributed by atoms with Gasteiger partial charge < -0.3 is 24.1 Å². The van der Waals surface area contributed by atoms with E-state index in [9.17, 15) is 14.7 Å². The molecule has 1 N–H and O–H groups in total. The molecular weight excluding hydrogens is 484 g/mol. The van der Waals surface area contributed by atoms with Gasteiger partial charge in [0.05, 0.1) is 18.1 Å². The number of carboxylic acid groups (broad SMARTS) is 1. The summed E-state index contributed by atoms with van der Waals surface area (Å²) in [6.45, 7) is 3.43. The first kappa shape index (κ1) is 28.8. The number of para-hydroxylation sites is 1. The molecule has 7 nitrogen and oxygen atoms in total. The van der Waals surface area contributed by atoms with Crippen molar-refractivity contribution in [3.63, 3.8) is 0 Å². The van der Waals surface area contributed by atoms with Gasteiger partial charge in [-0.3, -0.25) is 9.59 Å². The van der Waals surface area contributed by atoms with Gasteiger partial charge in [-0.1, -0.05) is 37.6 Å². The van der Waals surface area contributed by atoms with Crippen molar-refractivity contribution < 1.29 is 33.6 Å². The number of carbonyl (C=O) groups is 2. The third kappa shape index (κ3) is 8.39. The Labute approximate surface area is 226 Å². The maximum absolute atomic E-state index is 12.7. The number of benzene rings is 1. The Bertz CT molecular complexity index is 895. The van der Waals surface area contributed by atoms with Gasteiger partial charge in [0.15, 0.2) is 18.7 Å². The van der Waals surface area contributed by atoms with Crippen molar-refractivity contribution in [2.45, 2.75) is 89.6 Å². The number of aliphatic carboxylic acids is 1. The van der Waals surface area contributed by atoms with Crippen LogP contribution in [0.5, 0.6) is 5.75 Å². The zero-order valence-electron chi connectivity index (χ0n) is 22.7. The van der Waals surface area contributed by atoms with Gasteiger partial charge in [0.1, 0.15) is 5.75 Å². The Morgan fingerprint density at radius 2 is 1.95 bits per heavy atom. The molecule has 3 aliphatic rings. The highest BCUT2D eigenvalue weighted by molar-refractivity contribution is 5.91. The summed E-state index contributed by atoms with van der Waals surface area (Å²) in [4.78, 5) is 24.2. The number of hydrogen-bond acceptors (Lipinski definition) is 6. The van der Waals surface area contributed by atoms with E-state index in [1.54, 1.807) is 6.08 Å². The lowest BCUT2D eigenvalue weighted by molar-refractivity contribution is -0.193. The van der Waals surface area contributed by atoms with Crippen molar-refractivity contribution in [1.82, 2.24) is 0 Å². The SMILES string of the molecule is CCCC(CC[C@@H]1CC[C@@H]2[C@@H](C=CC(=O)COc3ccccc3)[C@H](OC3CCCCO3)C[C@@H]2OC1)C(=O)O. The quantitative estimate of drug-likeness (QED) is 0.323. The molecule has 7 atom stereocenters. The molecule has 2 aliphatic heterocycles. The van der Waals surface area contributed by atoms with Gasteiger partial charge >= 0.3 is 5.97 Å². The van der Waals surface area contributed by atoms with E-state index in [1.807, 2.05) is 43.3 Å². The lowest BCUT2D eigenvalue weighted by atomic mass is 9.85. The van der Waals surface area contributed by atoms with E-state index in [0.29, 0.717) is 24.7 Å². The Morgan fingerprint density at radius 3 is 2.68 bits per heavy atom. The van der Waals surface area contributed by atoms with Crippen LogP contribution in [0.3, 0.4) is 0 Å². The highest BCUT2D eigenvalue weighted by atomic mass is 16.7. The molecule has 4 rings (SSSR count). The van der Waals surface area contributed by atoms with E-state index >= 15 is 0 Å². The molecular formula is C31H44O7. The third-order valence-electron chi connectivity index (χ3n) is 8.32. The van der Waals surface area contributed by atoms with Crippen LogP contribution in [0, 0.1) is 23.7 Å². The molecule has 0 bridgehead atoms. The molecule has 210 valence electrons. The molecule has 1 aromatic carbocycles. The van der Waals surface area contributed by atoms with Gasteiger partial charge in [0, 0.05) is 25.6 Å². The van der Waals surface area contributed by atoms with Gasteiger partial charge in [-0.2, -0.15) is 0 Å². The number of ether oxygens (including phenoxy) is 4. The first-order chi connectivity index (χ1) is 18.5. The summed E-state index contributed by atoms with van der Waals surface area (Å²) in [7, 11) is 0. The molecule has 2 saturated heterocycles. The second-order valence-electron chi connectivity index (χ2n) is 11.1. The van der Waals surface area contributed by atoms with Gasteiger partial charge in [-0.05, 0) is 81.4 Å². The summed E-state index contributed by atoms with van der Waals surface area (Å²) in [5.41, 5.74) is 0. The van der Waals surface area contributed by atoms with Crippen molar-refractivity contribution in [3.05, 3.63) is 42.5 Å². The van der Waals surface area contributed by atoms with Crippen LogP contribution in [0.2, 0.25) is 0 Å². The van der Waals surface area contributed by atoms with Gasteiger partial charge in [-0.15, -0.1) is 0 Å². The third-order valence-corrected chi connectivity index (χ3v) is 8.32. The van der Waals surface area contributed by atoms with E-state index in [2.05, 4.69) is 0 Å². The summed E-state index contributed by atoms with van der Waals surface area (Å²) in [5.74, 6) is 0.345. The van der Waals surface area contributed by atoms with E-state index in [-0.39, 0.29) is 48.6 Å². The first-order valence-corrected chi connectivity index (χ1v) is 14.5. The second kappa shape index (κ2) is 14.8. The fourth-order valence-corrected chi connectivity index (χ4v) is 6.19. The summed E-state index contributed by atoms with van der Waals surface area (Å²) in [6.07, 6.45) is 12.5. The number of rotatable bonds is 13. The minimum absolute atomic E-state index is 0.000331. The monoisotopic (exact) mass is 528 g/mol. The van der Waals surface area contributed by atoms with E-state index < -0.39 is 5.97 Å². The number of carbonyl (C=O) groups excluding carboxylic acids is 1. The topological polar surface area (TPSA) is 91.3 Å². The van der Waals surface area contributed by atoms with Crippen LogP contribution in [-0.2, 0) is 23.8 Å². The Kier molecular flexibility index (Phi) is 11.2. The standard InChI is InChI=1S/C31H44O7/c1-2-8-23(31(33)34)14-12-22-13-16-26-27(17-15-24(32)21-36-25-9-4-3-5-10-25)29(19-28(26)37-20-22)38-30-11-6-7-18-35-30/h3-5,9-10,15,17,22-23,26-30H,2,6-8,11-14,16,18-21H2,1H3,(H,33,34)/t22-,23?,26-,27-,28+,29-,30?/m1/s1. The maximum atomic E-state index is 12.7. The smallest absolute Gasteiger partial charge is 0.306 e. The van der Waals surface area contributed by atoms with Crippen LogP contribution in [0.25, 0.3) is 0 Å². The Morgan fingerprint density at radius 1 is 1.11 bits per heavy atom. The molecule has 1 saturated carbocycles. The van der Waals surface area contributed by atoms with Crippen molar-refractivity contribution in [2.75, 3.05) is 19.8 Å². The molecule has 0 aromatic heterocycles. The number of ketones is 1. The van der Waals surface area contributed by atoms with E-state index in [0.717, 1.165) is 64.4 Å². The Hall–Kier alpha value is -2.22. The van der Waals surface area contributed by atoms with Gasteiger partial charge in [0.2, 0.25) is 0 Å². The van der Waals surface area contributed by atoms with Gasteiger partial charge in [-0.25, -0.2) is 0 Å². The lowest BCUT2D eigenvalue weighted by Crippen LogP contribution is -2.31. The van der Waals surface area contributed by atoms with Crippen LogP contribution in [0.15, 0.2) is 42.5 Å². The highest BCUT2D eigenvalue weighted by Crippen LogP contribution is 2.44. The predicted molar refractivity (Wildman–Crippen MR) is 144 cm³/mol. The van der Waals surface area contributed by atoms with E-state index in [4.69, 9.17) is 18.9 Å². The molecule has 0 amide bonds. The average molecular weight is 529 g/mol. The highest BCUT2D eigenvalue weighted by Gasteiger charge is 2.45. The molecule has 7 heteroatoms. The molecule has 3 fully saturated rings. The van der Waals surface area contributed by atoms with Crippen LogP contribution in [-0.4, -0.2) is 55.2 Å². The van der Waals surface area contributed by atoms with Crippen molar-refractivity contribution >= 4 is 11.8 Å². The largest absolute Gasteiger partial charge is 0.485 e. The molecule has 2 heterocycles. The number of fused-ring (bicyclic) bond motifs is 1. The normalized spacial score (nSPS) is 30.4. The van der Waals surface area contributed by atoms with Crippen molar-refractivity contribution in [1.29, 1.82) is 0 Å². The van der Waals surface area contributed by atoms with Crippen LogP contribution in [0.1, 0.15) is 71.1 Å². The zero-order valence-corrected chi connectivity index (χ0v) is 22.7. The van der Waals surface area contributed by atoms with Gasteiger partial charge in [0.25, 0.3) is 0 Å². The second-order valence-corrected chi connectivity index (χ2v) is 11.1. The molecule has 1 aliphatic carbocycles. The predicted octanol–water partition coefficient (Wildman–Crippen LogP) is 5.81. The van der Waals surface area contributed by atoms with Crippen molar-refractivity contribution in [2.24, 2.45) is 23.7 Å². The minimum Gasteiger partial charge on any atom is -0.485 e. The summed E-state index contributed by atoms with van der Waals surface area (Å²) in [5, 5.41) is 9.53. The molecule has 38 heavy (non-hydrogen) atoms. The number of carboxylic acids is 1. The molecule has 0 radical (unpaired) electrons.